The van der Waals surface area contributed by atoms with Gasteiger partial charge in [0, 0.05) is 19.1 Å². The predicted octanol–water partition coefficient (Wildman–Crippen LogP) is 3.88. The summed E-state index contributed by atoms with van der Waals surface area (Å²) in [7, 11) is 0. The van der Waals surface area contributed by atoms with E-state index in [1.807, 2.05) is 6.07 Å². The third-order valence-electron chi connectivity index (χ3n) is 5.28. The summed E-state index contributed by atoms with van der Waals surface area (Å²) in [5, 5.41) is 9.72. The standard InChI is InChI=1S/C18H24N2/c19-15-18(16-7-3-1-4-8-16)11-13-20(14-12-18)17-9-5-2-6-10-17/h1,3-4,7-8,17H,2,5-6,9-14H2. The molecule has 1 saturated carbocycles. The summed E-state index contributed by atoms with van der Waals surface area (Å²) >= 11 is 0. The van der Waals surface area contributed by atoms with E-state index < -0.39 is 0 Å². The number of hydrogen-bond donors (Lipinski definition) is 0. The Balaban J connectivity index is 1.68. The largest absolute Gasteiger partial charge is 0.300 e. The van der Waals surface area contributed by atoms with Crippen molar-refractivity contribution in [3.63, 3.8) is 0 Å². The van der Waals surface area contributed by atoms with Gasteiger partial charge >= 0.3 is 0 Å². The van der Waals surface area contributed by atoms with Gasteiger partial charge in [-0.2, -0.15) is 5.26 Å². The van der Waals surface area contributed by atoms with E-state index in [2.05, 4.69) is 35.2 Å². The zero-order valence-corrected chi connectivity index (χ0v) is 12.2. The zero-order chi connectivity index (χ0) is 13.8. The molecule has 106 valence electrons. The van der Waals surface area contributed by atoms with Crippen molar-refractivity contribution >= 4 is 0 Å². The van der Waals surface area contributed by atoms with Crippen LogP contribution in [0.1, 0.15) is 50.5 Å². The highest BCUT2D eigenvalue weighted by atomic mass is 15.2. The number of piperidine rings is 1. The molecule has 2 aliphatic rings. The highest BCUT2D eigenvalue weighted by Gasteiger charge is 2.38. The van der Waals surface area contributed by atoms with Crippen molar-refractivity contribution < 1.29 is 0 Å². The fourth-order valence-corrected chi connectivity index (χ4v) is 3.94. The Morgan fingerprint density at radius 1 is 1.00 bits per heavy atom. The molecule has 2 fully saturated rings. The molecule has 2 nitrogen and oxygen atoms in total. The average Bonchev–Trinajstić information content (AvgIpc) is 2.56. The molecule has 2 heteroatoms. The van der Waals surface area contributed by atoms with Crippen LogP contribution in [0, 0.1) is 11.3 Å². The molecule has 0 radical (unpaired) electrons. The molecule has 0 bridgehead atoms. The second-order valence-electron chi connectivity index (χ2n) is 6.39. The van der Waals surface area contributed by atoms with E-state index in [0.717, 1.165) is 32.0 Å². The lowest BCUT2D eigenvalue weighted by molar-refractivity contribution is 0.108. The summed E-state index contributed by atoms with van der Waals surface area (Å²) in [4.78, 5) is 2.65. The van der Waals surface area contributed by atoms with Crippen molar-refractivity contribution in [2.75, 3.05) is 13.1 Å². The molecule has 1 aliphatic carbocycles. The van der Waals surface area contributed by atoms with Crippen LogP contribution in [0.5, 0.6) is 0 Å². The van der Waals surface area contributed by atoms with Crippen molar-refractivity contribution in [2.45, 2.75) is 56.4 Å². The third-order valence-corrected chi connectivity index (χ3v) is 5.28. The van der Waals surface area contributed by atoms with Crippen LogP contribution >= 0.6 is 0 Å². The molecular weight excluding hydrogens is 244 g/mol. The number of nitrogens with zero attached hydrogens (tertiary/aromatic N) is 2. The molecular formula is C18H24N2. The Labute approximate surface area is 122 Å². The van der Waals surface area contributed by atoms with Crippen LogP contribution in [0.15, 0.2) is 30.3 Å². The summed E-state index contributed by atoms with van der Waals surface area (Å²) in [5.74, 6) is 0. The Hall–Kier alpha value is -1.33. The first-order chi connectivity index (χ1) is 9.84. The van der Waals surface area contributed by atoms with Crippen molar-refractivity contribution in [1.29, 1.82) is 5.26 Å². The van der Waals surface area contributed by atoms with Crippen LogP contribution < -0.4 is 0 Å². The summed E-state index contributed by atoms with van der Waals surface area (Å²) in [6.45, 7) is 2.18. The molecule has 0 aromatic heterocycles. The normalized spacial score (nSPS) is 24.1. The lowest BCUT2D eigenvalue weighted by atomic mass is 9.73. The number of benzene rings is 1. The molecule has 0 unspecified atom stereocenters. The molecule has 1 saturated heterocycles. The van der Waals surface area contributed by atoms with Crippen LogP contribution in [-0.2, 0) is 5.41 Å². The van der Waals surface area contributed by atoms with Crippen LogP contribution in [0.25, 0.3) is 0 Å². The van der Waals surface area contributed by atoms with Gasteiger partial charge < -0.3 is 4.90 Å². The van der Waals surface area contributed by atoms with E-state index in [9.17, 15) is 5.26 Å². The van der Waals surface area contributed by atoms with Crippen molar-refractivity contribution in [2.24, 2.45) is 0 Å². The number of nitriles is 1. The van der Waals surface area contributed by atoms with Gasteiger partial charge in [-0.05, 0) is 31.2 Å². The van der Waals surface area contributed by atoms with Crippen molar-refractivity contribution in [3.8, 4) is 6.07 Å². The van der Waals surface area contributed by atoms with Gasteiger partial charge in [-0.3, -0.25) is 0 Å². The maximum absolute atomic E-state index is 9.72. The minimum atomic E-state index is -0.244. The first-order valence-corrected chi connectivity index (χ1v) is 8.05. The molecule has 0 N–H and O–H groups in total. The SMILES string of the molecule is N#CC1(c2ccccc2)CCN(C2CCCCC2)CC1. The maximum Gasteiger partial charge on any atom is 0.0846 e. The Kier molecular flexibility index (Phi) is 4.08. The van der Waals surface area contributed by atoms with E-state index in [1.165, 1.54) is 37.7 Å². The predicted molar refractivity (Wildman–Crippen MR) is 81.4 cm³/mol. The Morgan fingerprint density at radius 3 is 2.25 bits per heavy atom. The van der Waals surface area contributed by atoms with Crippen LogP contribution in [0.4, 0.5) is 0 Å². The van der Waals surface area contributed by atoms with Gasteiger partial charge in [0.15, 0.2) is 0 Å². The lowest BCUT2D eigenvalue weighted by Crippen LogP contribution is -2.47. The van der Waals surface area contributed by atoms with Crippen molar-refractivity contribution in [1.82, 2.24) is 4.90 Å². The smallest absolute Gasteiger partial charge is 0.0846 e. The second-order valence-corrected chi connectivity index (χ2v) is 6.39. The summed E-state index contributed by atoms with van der Waals surface area (Å²) < 4.78 is 0. The molecule has 1 heterocycles. The van der Waals surface area contributed by atoms with Gasteiger partial charge in [-0.1, -0.05) is 49.6 Å². The Morgan fingerprint density at radius 2 is 1.65 bits per heavy atom. The van der Waals surface area contributed by atoms with E-state index in [0.29, 0.717) is 0 Å². The average molecular weight is 268 g/mol. The molecule has 1 aromatic carbocycles. The highest BCUT2D eigenvalue weighted by molar-refractivity contribution is 5.33. The van der Waals surface area contributed by atoms with Gasteiger partial charge in [0.25, 0.3) is 0 Å². The monoisotopic (exact) mass is 268 g/mol. The fourth-order valence-electron chi connectivity index (χ4n) is 3.94. The van der Waals surface area contributed by atoms with Crippen LogP contribution in [0.2, 0.25) is 0 Å². The van der Waals surface area contributed by atoms with Gasteiger partial charge in [0.2, 0.25) is 0 Å². The molecule has 0 spiro atoms. The lowest BCUT2D eigenvalue weighted by Gasteiger charge is -2.42. The maximum atomic E-state index is 9.72. The molecule has 20 heavy (non-hydrogen) atoms. The minimum Gasteiger partial charge on any atom is -0.300 e. The zero-order valence-electron chi connectivity index (χ0n) is 12.2. The molecule has 3 rings (SSSR count). The van der Waals surface area contributed by atoms with Crippen molar-refractivity contribution in [3.05, 3.63) is 35.9 Å². The first-order valence-electron chi connectivity index (χ1n) is 8.05. The van der Waals surface area contributed by atoms with Gasteiger partial charge in [-0.25, -0.2) is 0 Å². The number of rotatable bonds is 2. The fraction of sp³-hybridized carbons (Fsp3) is 0.611. The van der Waals surface area contributed by atoms with Crippen LogP contribution in [-0.4, -0.2) is 24.0 Å². The number of hydrogen-bond acceptors (Lipinski definition) is 2. The second kappa shape index (κ2) is 5.97. The van der Waals surface area contributed by atoms with Crippen LogP contribution in [0.3, 0.4) is 0 Å². The molecule has 0 amide bonds. The van der Waals surface area contributed by atoms with E-state index in [4.69, 9.17) is 0 Å². The molecule has 0 atom stereocenters. The molecule has 1 aliphatic heterocycles. The topological polar surface area (TPSA) is 27.0 Å². The first kappa shape index (κ1) is 13.6. The summed E-state index contributed by atoms with van der Waals surface area (Å²) in [6.07, 6.45) is 8.91. The summed E-state index contributed by atoms with van der Waals surface area (Å²) in [6, 6.07) is 13.8. The van der Waals surface area contributed by atoms with E-state index in [-0.39, 0.29) is 5.41 Å². The highest BCUT2D eigenvalue weighted by Crippen LogP contribution is 2.36. The van der Waals surface area contributed by atoms with E-state index >= 15 is 0 Å². The van der Waals surface area contributed by atoms with Gasteiger partial charge in [0.05, 0.1) is 11.5 Å². The van der Waals surface area contributed by atoms with Gasteiger partial charge in [-0.15, -0.1) is 0 Å². The Bertz CT molecular complexity index is 460. The van der Waals surface area contributed by atoms with E-state index in [1.54, 1.807) is 0 Å². The minimum absolute atomic E-state index is 0.244. The molecule has 1 aromatic rings. The number of likely N-dealkylation sites (tertiary alicyclic amines) is 1. The third kappa shape index (κ3) is 2.60. The quantitative estimate of drug-likeness (QED) is 0.814. The summed E-state index contributed by atoms with van der Waals surface area (Å²) in [5.41, 5.74) is 0.970. The van der Waals surface area contributed by atoms with Gasteiger partial charge in [0.1, 0.15) is 0 Å².